The Balaban J connectivity index is 1.58. The summed E-state index contributed by atoms with van der Waals surface area (Å²) >= 11 is 3.44. The molecule has 1 saturated heterocycles. The van der Waals surface area contributed by atoms with Gasteiger partial charge in [0.25, 0.3) is 0 Å². The molecule has 1 aliphatic rings. The zero-order chi connectivity index (χ0) is 18.5. The number of thiazole rings is 1. The van der Waals surface area contributed by atoms with E-state index in [2.05, 4.69) is 44.1 Å². The van der Waals surface area contributed by atoms with Crippen LogP contribution in [0, 0.1) is 0 Å². The highest BCUT2D eigenvalue weighted by Gasteiger charge is 2.21. The van der Waals surface area contributed by atoms with Crippen LogP contribution >= 0.6 is 23.1 Å². The fourth-order valence-corrected chi connectivity index (χ4v) is 4.85. The molecule has 6 nitrogen and oxygen atoms in total. The van der Waals surface area contributed by atoms with Crippen LogP contribution in [0.15, 0.2) is 40.9 Å². The lowest BCUT2D eigenvalue weighted by molar-refractivity contribution is 0.122. The summed E-state index contributed by atoms with van der Waals surface area (Å²) in [7, 11) is 0. The van der Waals surface area contributed by atoms with Gasteiger partial charge in [0.05, 0.1) is 29.6 Å². The smallest absolute Gasteiger partial charge is 0.232 e. The van der Waals surface area contributed by atoms with E-state index in [-0.39, 0.29) is 0 Å². The van der Waals surface area contributed by atoms with Crippen molar-refractivity contribution in [1.82, 2.24) is 19.7 Å². The Hall–Kier alpha value is -1.90. The molecule has 1 aromatic carbocycles. The van der Waals surface area contributed by atoms with Crippen LogP contribution in [0.2, 0.25) is 0 Å². The number of hydrogen-bond acceptors (Lipinski definition) is 7. The highest BCUT2D eigenvalue weighted by atomic mass is 32.2. The number of hydrogen-bond donors (Lipinski definition) is 0. The van der Waals surface area contributed by atoms with Crippen LogP contribution in [-0.2, 0) is 16.9 Å². The largest absolute Gasteiger partial charge is 0.378 e. The van der Waals surface area contributed by atoms with Crippen molar-refractivity contribution >= 4 is 29.0 Å². The molecule has 2 aromatic heterocycles. The van der Waals surface area contributed by atoms with E-state index in [1.807, 2.05) is 18.2 Å². The highest BCUT2D eigenvalue weighted by molar-refractivity contribution is 7.98. The minimum Gasteiger partial charge on any atom is -0.378 e. The maximum Gasteiger partial charge on any atom is 0.232 e. The number of morpholine rings is 1. The summed E-state index contributed by atoms with van der Waals surface area (Å²) in [6, 6.07) is 10.3. The van der Waals surface area contributed by atoms with Crippen molar-refractivity contribution < 1.29 is 4.74 Å². The van der Waals surface area contributed by atoms with Crippen LogP contribution in [0.4, 0.5) is 5.95 Å². The molecule has 142 valence electrons. The van der Waals surface area contributed by atoms with Gasteiger partial charge in [-0.3, -0.25) is 4.57 Å². The van der Waals surface area contributed by atoms with Crippen molar-refractivity contribution in [3.8, 4) is 5.69 Å². The first-order valence-electron chi connectivity index (χ1n) is 9.24. The van der Waals surface area contributed by atoms with Gasteiger partial charge in [0.15, 0.2) is 5.16 Å². The predicted octanol–water partition coefficient (Wildman–Crippen LogP) is 3.81. The lowest BCUT2D eigenvalue weighted by atomic mass is 10.3. The second kappa shape index (κ2) is 8.86. The third-order valence-electron chi connectivity index (χ3n) is 4.34. The molecule has 1 fully saturated rings. The first-order chi connectivity index (χ1) is 13.3. The molecule has 0 unspecified atom stereocenters. The molecule has 4 rings (SSSR count). The van der Waals surface area contributed by atoms with E-state index in [4.69, 9.17) is 9.72 Å². The van der Waals surface area contributed by atoms with Crippen LogP contribution in [-0.4, -0.2) is 46.1 Å². The molecular formula is C19H23N5OS2. The van der Waals surface area contributed by atoms with Crippen LogP contribution in [0.3, 0.4) is 0 Å². The number of para-hydroxylation sites is 1. The van der Waals surface area contributed by atoms with Crippen LogP contribution in [0.25, 0.3) is 5.69 Å². The minimum absolute atomic E-state index is 0.725. The number of nitrogens with zero attached hydrogens (tertiary/aromatic N) is 5. The molecule has 27 heavy (non-hydrogen) atoms. The Kier molecular flexibility index (Phi) is 6.06. The second-order valence-electron chi connectivity index (χ2n) is 6.32. The van der Waals surface area contributed by atoms with E-state index in [0.717, 1.165) is 67.4 Å². The topological polar surface area (TPSA) is 56.1 Å². The first kappa shape index (κ1) is 18.5. The minimum atomic E-state index is 0.725. The van der Waals surface area contributed by atoms with Gasteiger partial charge in [-0.05, 0) is 25.0 Å². The Bertz CT molecular complexity index is 858. The maximum atomic E-state index is 5.49. The van der Waals surface area contributed by atoms with E-state index < -0.39 is 0 Å². The number of benzene rings is 1. The first-order valence-corrected chi connectivity index (χ1v) is 11.1. The fourth-order valence-electron chi connectivity index (χ4n) is 3.01. The van der Waals surface area contributed by atoms with E-state index in [0.29, 0.717) is 0 Å². The number of anilines is 1. The molecule has 0 radical (unpaired) electrons. The summed E-state index contributed by atoms with van der Waals surface area (Å²) in [5, 5.41) is 13.3. The van der Waals surface area contributed by atoms with Crippen molar-refractivity contribution in [3.63, 3.8) is 0 Å². The molecule has 0 aliphatic carbocycles. The van der Waals surface area contributed by atoms with Crippen molar-refractivity contribution in [2.75, 3.05) is 31.2 Å². The predicted molar refractivity (Wildman–Crippen MR) is 110 cm³/mol. The van der Waals surface area contributed by atoms with Gasteiger partial charge in [0, 0.05) is 24.2 Å². The van der Waals surface area contributed by atoms with E-state index in [1.54, 1.807) is 23.1 Å². The standard InChI is InChI=1S/C19H23N5OS2/c1-2-6-17-20-15(13-26-17)14-27-19-22-21-18(23-9-11-25-12-10-23)24(19)16-7-4-3-5-8-16/h3-5,7-8,13H,2,6,9-12,14H2,1H3. The zero-order valence-corrected chi connectivity index (χ0v) is 17.0. The van der Waals surface area contributed by atoms with Crippen molar-refractivity contribution in [2.45, 2.75) is 30.7 Å². The SMILES string of the molecule is CCCc1nc(CSc2nnc(N3CCOCC3)n2-c2ccccc2)cs1. The Morgan fingerprint density at radius 2 is 1.96 bits per heavy atom. The summed E-state index contributed by atoms with van der Waals surface area (Å²) in [5.74, 6) is 1.69. The molecule has 3 aromatic rings. The number of aromatic nitrogens is 4. The van der Waals surface area contributed by atoms with Crippen molar-refractivity contribution in [2.24, 2.45) is 0 Å². The van der Waals surface area contributed by atoms with Crippen LogP contribution in [0.1, 0.15) is 24.0 Å². The van der Waals surface area contributed by atoms with E-state index in [1.165, 1.54) is 5.01 Å². The van der Waals surface area contributed by atoms with E-state index >= 15 is 0 Å². The highest BCUT2D eigenvalue weighted by Crippen LogP contribution is 2.29. The van der Waals surface area contributed by atoms with Gasteiger partial charge in [-0.25, -0.2) is 4.98 Å². The number of thioether (sulfide) groups is 1. The van der Waals surface area contributed by atoms with Crippen LogP contribution in [0.5, 0.6) is 0 Å². The van der Waals surface area contributed by atoms with Gasteiger partial charge in [-0.2, -0.15) is 0 Å². The fraction of sp³-hybridized carbons (Fsp3) is 0.421. The van der Waals surface area contributed by atoms with Gasteiger partial charge in [0.2, 0.25) is 5.95 Å². The zero-order valence-electron chi connectivity index (χ0n) is 15.4. The normalized spacial score (nSPS) is 14.6. The molecule has 0 saturated carbocycles. The maximum absolute atomic E-state index is 5.49. The summed E-state index contributed by atoms with van der Waals surface area (Å²) in [5.41, 5.74) is 2.19. The summed E-state index contributed by atoms with van der Waals surface area (Å²) in [6.07, 6.45) is 2.18. The lowest BCUT2D eigenvalue weighted by Gasteiger charge is -2.27. The van der Waals surface area contributed by atoms with E-state index in [9.17, 15) is 0 Å². The molecule has 1 aliphatic heterocycles. The summed E-state index contributed by atoms with van der Waals surface area (Å²) in [4.78, 5) is 6.97. The Morgan fingerprint density at radius 3 is 2.74 bits per heavy atom. The summed E-state index contributed by atoms with van der Waals surface area (Å²) in [6.45, 7) is 5.31. The number of aryl methyl sites for hydroxylation is 1. The van der Waals surface area contributed by atoms with Gasteiger partial charge >= 0.3 is 0 Å². The molecule has 0 bridgehead atoms. The third kappa shape index (κ3) is 4.34. The molecule has 3 heterocycles. The third-order valence-corrected chi connectivity index (χ3v) is 6.26. The van der Waals surface area contributed by atoms with Crippen molar-refractivity contribution in [3.05, 3.63) is 46.4 Å². The molecule has 8 heteroatoms. The van der Waals surface area contributed by atoms with Gasteiger partial charge in [-0.1, -0.05) is 36.9 Å². The molecule has 0 spiro atoms. The Morgan fingerprint density at radius 1 is 1.15 bits per heavy atom. The molecule has 0 atom stereocenters. The van der Waals surface area contributed by atoms with Gasteiger partial charge in [-0.15, -0.1) is 21.5 Å². The van der Waals surface area contributed by atoms with Gasteiger partial charge < -0.3 is 9.64 Å². The lowest BCUT2D eigenvalue weighted by Crippen LogP contribution is -2.37. The number of rotatable bonds is 7. The Labute approximate surface area is 167 Å². The number of ether oxygens (including phenoxy) is 1. The van der Waals surface area contributed by atoms with Gasteiger partial charge in [0.1, 0.15) is 0 Å². The quantitative estimate of drug-likeness (QED) is 0.561. The average molecular weight is 402 g/mol. The van der Waals surface area contributed by atoms with Crippen molar-refractivity contribution in [1.29, 1.82) is 0 Å². The average Bonchev–Trinajstić information content (AvgIpc) is 3.35. The second-order valence-corrected chi connectivity index (χ2v) is 8.21. The molecular weight excluding hydrogens is 378 g/mol. The molecule has 0 N–H and O–H groups in total. The van der Waals surface area contributed by atoms with Crippen LogP contribution < -0.4 is 4.90 Å². The monoisotopic (exact) mass is 401 g/mol. The summed E-state index contributed by atoms with van der Waals surface area (Å²) < 4.78 is 7.64. The molecule has 0 amide bonds.